The van der Waals surface area contributed by atoms with E-state index in [1.165, 1.54) is 6.54 Å². The van der Waals surface area contributed by atoms with Gasteiger partial charge in [0.15, 0.2) is 0 Å². The van der Waals surface area contributed by atoms with E-state index in [-0.39, 0.29) is 12.4 Å². The van der Waals surface area contributed by atoms with Gasteiger partial charge in [-0.1, -0.05) is 20.4 Å². The zero-order valence-corrected chi connectivity index (χ0v) is 15.6. The van der Waals surface area contributed by atoms with E-state index in [4.69, 9.17) is 13.3 Å². The van der Waals surface area contributed by atoms with Gasteiger partial charge in [0.1, 0.15) is 0 Å². The molecule has 21 heavy (non-hydrogen) atoms. The van der Waals surface area contributed by atoms with E-state index < -0.39 is 14.7 Å². The van der Waals surface area contributed by atoms with Gasteiger partial charge < -0.3 is 36.7 Å². The summed E-state index contributed by atoms with van der Waals surface area (Å²) in [7, 11) is 2.68. The van der Waals surface area contributed by atoms with E-state index in [1.54, 1.807) is 21.3 Å². The van der Waals surface area contributed by atoms with E-state index in [1.807, 2.05) is 0 Å². The molecule has 0 aliphatic rings. The van der Waals surface area contributed by atoms with E-state index in [0.717, 1.165) is 31.0 Å². The second kappa shape index (κ2) is 15.9. The molecular formula is C13H31ClN2O4Si. The van der Waals surface area contributed by atoms with Crippen LogP contribution in [0.1, 0.15) is 20.3 Å². The van der Waals surface area contributed by atoms with Gasteiger partial charge in [-0.05, 0) is 6.08 Å². The Balaban J connectivity index is -0.000000465. The van der Waals surface area contributed by atoms with Crippen LogP contribution in [0.5, 0.6) is 0 Å². The second-order valence-corrected chi connectivity index (χ2v) is 7.80. The Bertz CT molecular complexity index is 256. The molecular weight excluding hydrogens is 312 g/mol. The summed E-state index contributed by atoms with van der Waals surface area (Å²) in [5, 5.41) is 2.34. The summed E-state index contributed by atoms with van der Waals surface area (Å²) in [6, 6.07) is 0.894. The predicted molar refractivity (Wildman–Crippen MR) is 82.1 cm³/mol. The Hall–Kier alpha value is -0.443. The maximum absolute atomic E-state index is 9.47. The SMILES string of the molecule is C=CC(N)=O.CO[Si](CCC[NH2+]CC(C)C)(OC)OC.[Cl-]. The largest absolute Gasteiger partial charge is 1.00 e. The summed E-state index contributed by atoms with van der Waals surface area (Å²) >= 11 is 0. The monoisotopic (exact) mass is 342 g/mol. The van der Waals surface area contributed by atoms with Gasteiger partial charge in [0, 0.05) is 39.7 Å². The number of halogens is 1. The van der Waals surface area contributed by atoms with Crippen LogP contribution in [0.15, 0.2) is 12.7 Å². The molecule has 8 heteroatoms. The number of amides is 1. The number of primary amides is 1. The molecule has 0 radical (unpaired) electrons. The normalized spacial score (nSPS) is 10.4. The Morgan fingerprint density at radius 1 is 1.29 bits per heavy atom. The second-order valence-electron chi connectivity index (χ2n) is 4.71. The predicted octanol–water partition coefficient (Wildman–Crippen LogP) is -2.86. The smallest absolute Gasteiger partial charge is 0.500 e. The van der Waals surface area contributed by atoms with E-state index in [9.17, 15) is 4.79 Å². The van der Waals surface area contributed by atoms with E-state index in [2.05, 4.69) is 31.5 Å². The van der Waals surface area contributed by atoms with Crippen LogP contribution in [0.4, 0.5) is 0 Å². The van der Waals surface area contributed by atoms with Crippen molar-refractivity contribution < 1.29 is 35.8 Å². The van der Waals surface area contributed by atoms with Crippen LogP contribution in [0.2, 0.25) is 6.04 Å². The van der Waals surface area contributed by atoms with Gasteiger partial charge in [0.2, 0.25) is 5.91 Å². The number of rotatable bonds is 10. The van der Waals surface area contributed by atoms with Crippen LogP contribution >= 0.6 is 0 Å². The van der Waals surface area contributed by atoms with Crippen molar-refractivity contribution in [1.29, 1.82) is 0 Å². The molecule has 0 bridgehead atoms. The average Bonchev–Trinajstić information content (AvgIpc) is 2.44. The zero-order valence-electron chi connectivity index (χ0n) is 13.9. The van der Waals surface area contributed by atoms with E-state index in [0.29, 0.717) is 0 Å². The maximum atomic E-state index is 9.47. The molecule has 0 fully saturated rings. The lowest BCUT2D eigenvalue weighted by Crippen LogP contribution is -3.00. The number of carbonyl (C=O) groups excluding carboxylic acids is 1. The summed E-state index contributed by atoms with van der Waals surface area (Å²) in [4.78, 5) is 9.47. The quantitative estimate of drug-likeness (QED) is 0.254. The highest BCUT2D eigenvalue weighted by Crippen LogP contribution is 2.13. The first-order chi connectivity index (χ1) is 9.37. The molecule has 0 saturated carbocycles. The molecule has 0 aromatic rings. The minimum absolute atomic E-state index is 0. The summed E-state index contributed by atoms with van der Waals surface area (Å²) in [5.74, 6) is 0.268. The highest BCUT2D eigenvalue weighted by molar-refractivity contribution is 6.60. The van der Waals surface area contributed by atoms with Crippen LogP contribution in [0.25, 0.3) is 0 Å². The number of nitrogens with two attached hydrogens (primary N) is 2. The molecule has 1 amide bonds. The fourth-order valence-electron chi connectivity index (χ4n) is 1.47. The molecule has 0 spiro atoms. The Morgan fingerprint density at radius 2 is 1.71 bits per heavy atom. The summed E-state index contributed by atoms with van der Waals surface area (Å²) in [6.07, 6.45) is 2.13. The third kappa shape index (κ3) is 15.8. The lowest BCUT2D eigenvalue weighted by atomic mass is 10.2. The van der Waals surface area contributed by atoms with Crippen LogP contribution < -0.4 is 23.5 Å². The molecule has 6 nitrogen and oxygen atoms in total. The van der Waals surface area contributed by atoms with Gasteiger partial charge in [0.05, 0.1) is 13.1 Å². The molecule has 0 aliphatic carbocycles. The first-order valence-corrected chi connectivity index (χ1v) is 8.69. The highest BCUT2D eigenvalue weighted by Gasteiger charge is 2.37. The van der Waals surface area contributed by atoms with Gasteiger partial charge >= 0.3 is 8.80 Å². The van der Waals surface area contributed by atoms with Crippen LogP contribution in [0.3, 0.4) is 0 Å². The summed E-state index contributed by atoms with van der Waals surface area (Å²) in [5.41, 5.74) is 4.53. The van der Waals surface area contributed by atoms with Crippen molar-refractivity contribution >= 4 is 14.7 Å². The molecule has 0 aromatic carbocycles. The fourth-order valence-corrected chi connectivity index (χ4v) is 3.22. The van der Waals surface area contributed by atoms with Crippen LogP contribution in [-0.2, 0) is 18.1 Å². The molecule has 4 N–H and O–H groups in total. The standard InChI is InChI=1S/C10H25NO3Si.C3H5NO.ClH/c1-10(2)9-11-7-6-8-15(12-3,13-4)14-5;1-2-3(4)5;/h10-11H,6-9H2,1-5H3;2H,1H2,(H2,4,5);1H. The third-order valence-corrected chi connectivity index (χ3v) is 5.50. The number of carbonyl (C=O) groups is 1. The third-order valence-electron chi connectivity index (χ3n) is 2.66. The van der Waals surface area contributed by atoms with Crippen molar-refractivity contribution in [2.24, 2.45) is 11.7 Å². The minimum atomic E-state index is -2.31. The molecule has 0 heterocycles. The number of hydrogen-bond donors (Lipinski definition) is 2. The first kappa shape index (κ1) is 25.5. The Labute approximate surface area is 136 Å². The topological polar surface area (TPSA) is 87.4 Å². The van der Waals surface area contributed by atoms with Crippen molar-refractivity contribution in [3.05, 3.63) is 12.7 Å². The minimum Gasteiger partial charge on any atom is -1.00 e. The molecule has 0 saturated heterocycles. The van der Waals surface area contributed by atoms with E-state index >= 15 is 0 Å². The summed E-state index contributed by atoms with van der Waals surface area (Å²) in [6.45, 7) is 9.84. The van der Waals surface area contributed by atoms with Gasteiger partial charge in [-0.2, -0.15) is 0 Å². The summed E-state index contributed by atoms with van der Waals surface area (Å²) < 4.78 is 16.0. The molecule has 0 rings (SSSR count). The zero-order chi connectivity index (χ0) is 16.0. The Morgan fingerprint density at radius 3 is 2.00 bits per heavy atom. The van der Waals surface area contributed by atoms with Crippen molar-refractivity contribution in [2.45, 2.75) is 26.3 Å². The van der Waals surface area contributed by atoms with Gasteiger partial charge in [-0.3, -0.25) is 4.79 Å². The molecule has 0 aliphatic heterocycles. The average molecular weight is 343 g/mol. The van der Waals surface area contributed by atoms with Gasteiger partial charge in [-0.25, -0.2) is 0 Å². The van der Waals surface area contributed by atoms with Crippen molar-refractivity contribution in [3.63, 3.8) is 0 Å². The highest BCUT2D eigenvalue weighted by atomic mass is 35.5. The molecule has 0 aromatic heterocycles. The van der Waals surface area contributed by atoms with Gasteiger partial charge in [-0.15, -0.1) is 0 Å². The van der Waals surface area contributed by atoms with Crippen LogP contribution in [-0.4, -0.2) is 49.1 Å². The number of hydrogen-bond acceptors (Lipinski definition) is 4. The van der Waals surface area contributed by atoms with Crippen LogP contribution in [0, 0.1) is 5.92 Å². The van der Waals surface area contributed by atoms with Crippen molar-refractivity contribution in [3.8, 4) is 0 Å². The Kier molecular flexibility index (Phi) is 19.4. The fraction of sp³-hybridized carbons (Fsp3) is 0.769. The number of quaternary nitrogens is 1. The maximum Gasteiger partial charge on any atom is 0.500 e. The molecule has 128 valence electrons. The van der Waals surface area contributed by atoms with Crippen molar-refractivity contribution in [2.75, 3.05) is 34.4 Å². The lowest BCUT2D eigenvalue weighted by Gasteiger charge is -2.23. The van der Waals surface area contributed by atoms with Gasteiger partial charge in [0.25, 0.3) is 0 Å². The molecule has 0 atom stereocenters. The molecule has 0 unspecified atom stereocenters. The lowest BCUT2D eigenvalue weighted by molar-refractivity contribution is -0.659. The first-order valence-electron chi connectivity index (χ1n) is 6.76. The van der Waals surface area contributed by atoms with Crippen molar-refractivity contribution in [1.82, 2.24) is 0 Å².